The molecule has 0 spiro atoms. The molecule has 0 atom stereocenters. The van der Waals surface area contributed by atoms with Crippen LogP contribution in [0.5, 0.6) is 5.75 Å². The summed E-state index contributed by atoms with van der Waals surface area (Å²) in [7, 11) is 0. The number of aryl methyl sites for hydroxylation is 1. The molecular weight excluding hydrogens is 350 g/mol. The van der Waals surface area contributed by atoms with Gasteiger partial charge in [-0.2, -0.15) is 8.78 Å². The van der Waals surface area contributed by atoms with Crippen LogP contribution >= 0.6 is 11.8 Å². The largest absolute Gasteiger partial charge is 0.435 e. The zero-order valence-electron chi connectivity index (χ0n) is 13.4. The smallest absolute Gasteiger partial charge is 0.387 e. The number of thioether (sulfide) groups is 1. The number of para-hydroxylation sites is 1. The number of rotatable bonds is 9. The fraction of sp³-hybridized carbons (Fsp3) is 0.438. The number of nitrogens with zero attached hydrogens (tertiary/aromatic N) is 3. The molecule has 1 aliphatic rings. The average molecular weight is 368 g/mol. The van der Waals surface area contributed by atoms with Crippen LogP contribution in [0.15, 0.2) is 29.4 Å². The van der Waals surface area contributed by atoms with E-state index in [-0.39, 0.29) is 18.1 Å². The highest BCUT2D eigenvalue weighted by atomic mass is 32.2. The first kappa shape index (κ1) is 17.7. The Morgan fingerprint density at radius 3 is 2.80 bits per heavy atom. The van der Waals surface area contributed by atoms with Gasteiger partial charge in [-0.05, 0) is 18.9 Å². The van der Waals surface area contributed by atoms with E-state index in [0.717, 1.165) is 18.7 Å². The number of hydrogen-bond acceptors (Lipinski definition) is 5. The minimum Gasteiger partial charge on any atom is -0.435 e. The van der Waals surface area contributed by atoms with Crippen molar-refractivity contribution < 1.29 is 18.3 Å². The number of hydrogen-bond donors (Lipinski definition) is 1. The third-order valence-corrected chi connectivity index (χ3v) is 4.78. The lowest BCUT2D eigenvalue weighted by Gasteiger charge is -2.11. The Balaban J connectivity index is 1.72. The SMILES string of the molecule is NC(=O)CCc1nnc(SCc2ccccc2OC(F)F)n1C1CC1. The fourth-order valence-electron chi connectivity index (χ4n) is 2.49. The quantitative estimate of drug-likeness (QED) is 0.688. The number of primary amides is 1. The van der Waals surface area contributed by atoms with Crippen molar-refractivity contribution in [3.05, 3.63) is 35.7 Å². The Bertz CT molecular complexity index is 749. The van der Waals surface area contributed by atoms with Crippen molar-refractivity contribution in [2.45, 2.75) is 49.2 Å². The Hall–Kier alpha value is -2.16. The summed E-state index contributed by atoms with van der Waals surface area (Å²) < 4.78 is 31.6. The topological polar surface area (TPSA) is 83.0 Å². The molecule has 1 saturated carbocycles. The summed E-state index contributed by atoms with van der Waals surface area (Å²) in [5, 5.41) is 9.08. The van der Waals surface area contributed by atoms with Gasteiger partial charge in [0.2, 0.25) is 5.91 Å². The van der Waals surface area contributed by atoms with E-state index in [9.17, 15) is 13.6 Å². The zero-order valence-corrected chi connectivity index (χ0v) is 14.2. The van der Waals surface area contributed by atoms with Gasteiger partial charge in [0.25, 0.3) is 0 Å². The van der Waals surface area contributed by atoms with Gasteiger partial charge in [0.15, 0.2) is 5.16 Å². The molecule has 0 bridgehead atoms. The molecule has 25 heavy (non-hydrogen) atoms. The van der Waals surface area contributed by atoms with E-state index in [1.807, 2.05) is 4.57 Å². The second-order valence-corrected chi connectivity index (χ2v) is 6.68. The van der Waals surface area contributed by atoms with Gasteiger partial charge in [-0.3, -0.25) is 4.79 Å². The Labute approximate surface area is 147 Å². The molecular formula is C16H18F2N4O2S. The maximum Gasteiger partial charge on any atom is 0.387 e. The molecule has 2 aromatic rings. The summed E-state index contributed by atoms with van der Waals surface area (Å²) in [6.45, 7) is -2.86. The molecule has 3 rings (SSSR count). The van der Waals surface area contributed by atoms with Crippen molar-refractivity contribution >= 4 is 17.7 Å². The first-order chi connectivity index (χ1) is 12.0. The van der Waals surface area contributed by atoms with Crippen LogP contribution in [0.3, 0.4) is 0 Å². The minimum atomic E-state index is -2.86. The lowest BCUT2D eigenvalue weighted by atomic mass is 10.2. The summed E-state index contributed by atoms with van der Waals surface area (Å²) in [6.07, 6.45) is 2.76. The number of benzene rings is 1. The van der Waals surface area contributed by atoms with Gasteiger partial charge < -0.3 is 15.0 Å². The number of nitrogens with two attached hydrogens (primary N) is 1. The minimum absolute atomic E-state index is 0.163. The predicted molar refractivity (Wildman–Crippen MR) is 88.4 cm³/mol. The first-order valence-corrected chi connectivity index (χ1v) is 8.90. The molecule has 1 amide bonds. The molecule has 134 valence electrons. The fourth-order valence-corrected chi connectivity index (χ4v) is 3.50. The normalized spacial score (nSPS) is 14.0. The second kappa shape index (κ2) is 7.81. The van der Waals surface area contributed by atoms with Crippen molar-refractivity contribution in [1.82, 2.24) is 14.8 Å². The Morgan fingerprint density at radius 2 is 2.12 bits per heavy atom. The highest BCUT2D eigenvalue weighted by molar-refractivity contribution is 7.98. The van der Waals surface area contributed by atoms with E-state index in [1.54, 1.807) is 18.2 Å². The third kappa shape index (κ3) is 4.68. The van der Waals surface area contributed by atoms with Gasteiger partial charge in [-0.15, -0.1) is 10.2 Å². The number of alkyl halides is 2. The van der Waals surface area contributed by atoms with Crippen LogP contribution in [0.4, 0.5) is 8.78 Å². The van der Waals surface area contributed by atoms with Crippen LogP contribution in [-0.2, 0) is 17.0 Å². The summed E-state index contributed by atoms with van der Waals surface area (Å²) in [6, 6.07) is 7.04. The summed E-state index contributed by atoms with van der Waals surface area (Å²) in [5.74, 6) is 0.957. The van der Waals surface area contributed by atoms with Crippen LogP contribution in [0.1, 0.15) is 36.7 Å². The summed E-state index contributed by atoms with van der Waals surface area (Å²) >= 11 is 1.41. The number of carbonyl (C=O) groups is 1. The van der Waals surface area contributed by atoms with Gasteiger partial charge in [-0.1, -0.05) is 30.0 Å². The number of halogens is 2. The maximum atomic E-state index is 12.5. The van der Waals surface area contributed by atoms with Crippen molar-refractivity contribution in [3.8, 4) is 5.75 Å². The number of amides is 1. The van der Waals surface area contributed by atoms with Crippen LogP contribution in [0, 0.1) is 0 Å². The van der Waals surface area contributed by atoms with E-state index < -0.39 is 6.61 Å². The van der Waals surface area contributed by atoms with Gasteiger partial charge in [0, 0.05) is 30.2 Å². The van der Waals surface area contributed by atoms with E-state index in [4.69, 9.17) is 5.73 Å². The standard InChI is InChI=1S/C16H18F2N4O2S/c17-15(18)24-12-4-2-1-3-10(12)9-25-16-21-20-14(8-7-13(19)23)22(16)11-5-6-11/h1-4,11,15H,5-9H2,(H2,19,23). The molecule has 6 nitrogen and oxygen atoms in total. The van der Waals surface area contributed by atoms with Crippen molar-refractivity contribution in [2.75, 3.05) is 0 Å². The van der Waals surface area contributed by atoms with E-state index >= 15 is 0 Å². The van der Waals surface area contributed by atoms with Crippen LogP contribution in [-0.4, -0.2) is 27.3 Å². The molecule has 1 aromatic heterocycles. The molecule has 1 fully saturated rings. The van der Waals surface area contributed by atoms with Gasteiger partial charge in [0.1, 0.15) is 11.6 Å². The third-order valence-electron chi connectivity index (χ3n) is 3.79. The van der Waals surface area contributed by atoms with Gasteiger partial charge >= 0.3 is 6.61 Å². The van der Waals surface area contributed by atoms with Crippen LogP contribution < -0.4 is 10.5 Å². The summed E-state index contributed by atoms with van der Waals surface area (Å²) in [4.78, 5) is 11.0. The van der Waals surface area contributed by atoms with Gasteiger partial charge in [0.05, 0.1) is 0 Å². The lowest BCUT2D eigenvalue weighted by molar-refractivity contribution is -0.118. The molecule has 0 aliphatic heterocycles. The molecule has 1 aromatic carbocycles. The molecule has 0 unspecified atom stereocenters. The van der Waals surface area contributed by atoms with Crippen LogP contribution in [0.25, 0.3) is 0 Å². The van der Waals surface area contributed by atoms with Crippen molar-refractivity contribution in [3.63, 3.8) is 0 Å². The second-order valence-electron chi connectivity index (χ2n) is 5.74. The van der Waals surface area contributed by atoms with Crippen LogP contribution in [0.2, 0.25) is 0 Å². The number of ether oxygens (including phenoxy) is 1. The summed E-state index contributed by atoms with van der Waals surface area (Å²) in [5.41, 5.74) is 5.87. The maximum absolute atomic E-state index is 12.5. The number of aromatic nitrogens is 3. The molecule has 1 heterocycles. The van der Waals surface area contributed by atoms with E-state index in [1.165, 1.54) is 17.8 Å². The highest BCUT2D eigenvalue weighted by Gasteiger charge is 2.29. The monoisotopic (exact) mass is 368 g/mol. The first-order valence-electron chi connectivity index (χ1n) is 7.92. The van der Waals surface area contributed by atoms with Gasteiger partial charge in [-0.25, -0.2) is 0 Å². The molecule has 0 radical (unpaired) electrons. The molecule has 1 aliphatic carbocycles. The van der Waals surface area contributed by atoms with Crippen molar-refractivity contribution in [1.29, 1.82) is 0 Å². The van der Waals surface area contributed by atoms with E-state index in [0.29, 0.717) is 28.9 Å². The highest BCUT2D eigenvalue weighted by Crippen LogP contribution is 2.40. The Morgan fingerprint density at radius 1 is 1.36 bits per heavy atom. The number of carbonyl (C=O) groups excluding carboxylic acids is 1. The molecule has 0 saturated heterocycles. The molecule has 9 heteroatoms. The van der Waals surface area contributed by atoms with Crippen molar-refractivity contribution in [2.24, 2.45) is 5.73 Å². The Kier molecular flexibility index (Phi) is 5.52. The lowest BCUT2D eigenvalue weighted by Crippen LogP contribution is -2.13. The zero-order chi connectivity index (χ0) is 17.8. The molecule has 2 N–H and O–H groups in total. The average Bonchev–Trinajstić information content (AvgIpc) is 3.32. The predicted octanol–water partition coefficient (Wildman–Crippen LogP) is 2.92. The van der Waals surface area contributed by atoms with E-state index in [2.05, 4.69) is 14.9 Å².